The number of guanidine groups is 1. The monoisotopic (exact) mass is 147 g/mol. The quantitative estimate of drug-likeness (QED) is 0.282. The highest BCUT2D eigenvalue weighted by atomic mass is 16.7. The maximum absolute atomic E-state index is 9.82. The Morgan fingerprint density at radius 2 is 2.50 bits per heavy atom. The molecule has 0 saturated carbocycles. The average molecular weight is 147 g/mol. The van der Waals surface area contributed by atoms with Gasteiger partial charge in [-0.2, -0.15) is 0 Å². The average Bonchev–Trinajstić information content (AvgIpc) is 1.82. The van der Waals surface area contributed by atoms with Crippen molar-refractivity contribution in [3.63, 3.8) is 0 Å². The molecular weight excluding hydrogens is 136 g/mol. The van der Waals surface area contributed by atoms with E-state index in [-0.39, 0.29) is 5.96 Å². The highest BCUT2D eigenvalue weighted by Crippen LogP contribution is 1.75. The zero-order chi connectivity index (χ0) is 7.98. The van der Waals surface area contributed by atoms with E-state index in [1.807, 2.05) is 12.3 Å². The van der Waals surface area contributed by atoms with E-state index in [1.165, 1.54) is 0 Å². The Labute approximate surface area is 58.2 Å². The second-order valence-corrected chi connectivity index (χ2v) is 1.65. The van der Waals surface area contributed by atoms with Gasteiger partial charge in [0.15, 0.2) is 0 Å². The third-order valence-electron chi connectivity index (χ3n) is 0.716. The molecule has 0 radical (unpaired) electrons. The van der Waals surface area contributed by atoms with Gasteiger partial charge < -0.3 is 5.73 Å². The van der Waals surface area contributed by atoms with Crippen LogP contribution in [0.3, 0.4) is 0 Å². The molecule has 0 aromatic carbocycles. The first kappa shape index (κ1) is 8.67. The lowest BCUT2D eigenvalue weighted by Gasteiger charge is -1.89. The molecule has 0 saturated heterocycles. The van der Waals surface area contributed by atoms with Crippen LogP contribution in [-0.2, 0) is 0 Å². The molecule has 0 aliphatic rings. The van der Waals surface area contributed by atoms with Crippen LogP contribution in [0.2, 0.25) is 0 Å². The minimum atomic E-state index is -0.492. The van der Waals surface area contributed by atoms with E-state index >= 15 is 0 Å². The Kier molecular flexibility index (Phi) is 3.94. The molecule has 0 aliphatic carbocycles. The Bertz CT molecular complexity index is 144. The summed E-state index contributed by atoms with van der Waals surface area (Å²) in [6, 6.07) is 0. The number of hydrogen-bond acceptors (Lipinski definition) is 2. The van der Waals surface area contributed by atoms with Crippen molar-refractivity contribution < 1.29 is 10.2 Å². The van der Waals surface area contributed by atoms with Crippen molar-refractivity contribution in [2.45, 2.75) is 13.3 Å². The molecule has 0 unspecified atom stereocenters. The molecule has 0 aromatic rings. The van der Waals surface area contributed by atoms with E-state index in [9.17, 15) is 4.91 Å². The van der Waals surface area contributed by atoms with Crippen LogP contribution in [-0.4, -0.2) is 22.7 Å². The molecule has 0 atom stereocenters. The lowest BCUT2D eigenvalue weighted by Crippen LogP contribution is -2.37. The molecule has 6 heteroatoms. The number of nitrogens with two attached hydrogens (primary N) is 1. The lowest BCUT2D eigenvalue weighted by molar-refractivity contribution is -0.822. The van der Waals surface area contributed by atoms with E-state index in [0.717, 1.165) is 6.42 Å². The number of nitrogens with one attached hydrogen (secondary N) is 1. The normalized spacial score (nSPS) is 11.1. The number of rotatable bonds is 3. The summed E-state index contributed by atoms with van der Waals surface area (Å²) in [6.45, 7) is 2.46. The van der Waals surface area contributed by atoms with Gasteiger partial charge in [-0.25, -0.2) is 10.2 Å². The topological polar surface area (TPSA) is 90.7 Å². The Balaban J connectivity index is 3.59. The molecule has 0 aliphatic heterocycles. The molecule has 0 aromatic heterocycles. The number of nitrogens with zero attached hydrogens (tertiary/aromatic N) is 2. The van der Waals surface area contributed by atoms with Crippen LogP contribution in [0.1, 0.15) is 13.3 Å². The smallest absolute Gasteiger partial charge is 0.362 e. The third kappa shape index (κ3) is 4.82. The van der Waals surface area contributed by atoms with Crippen LogP contribution in [0.4, 0.5) is 0 Å². The Hall–Kier alpha value is -1.33. The van der Waals surface area contributed by atoms with Gasteiger partial charge in [-0.1, -0.05) is 6.92 Å². The van der Waals surface area contributed by atoms with Crippen LogP contribution in [0.25, 0.3) is 0 Å². The van der Waals surface area contributed by atoms with Crippen molar-refractivity contribution in [1.29, 1.82) is 0 Å². The summed E-state index contributed by atoms with van der Waals surface area (Å²) in [5.41, 5.74) is 6.94. The second kappa shape index (κ2) is 4.54. The van der Waals surface area contributed by atoms with Gasteiger partial charge in [-0.3, -0.25) is 0 Å². The van der Waals surface area contributed by atoms with Crippen molar-refractivity contribution in [2.24, 2.45) is 10.7 Å². The number of aliphatic imine (C=N–C) groups is 1. The molecule has 6 nitrogen and oxygen atoms in total. The highest BCUT2D eigenvalue weighted by Gasteiger charge is 2.02. The molecule has 10 heavy (non-hydrogen) atoms. The number of hydrazine groups is 1. The highest BCUT2D eigenvalue weighted by molar-refractivity contribution is 5.76. The minimum absolute atomic E-state index is 0.0839. The van der Waals surface area contributed by atoms with Gasteiger partial charge in [-0.15, -0.1) is 0 Å². The van der Waals surface area contributed by atoms with E-state index in [2.05, 4.69) is 4.99 Å². The van der Waals surface area contributed by atoms with Crippen LogP contribution in [0.5, 0.6) is 0 Å². The van der Waals surface area contributed by atoms with Crippen molar-refractivity contribution in [3.8, 4) is 0 Å². The standard InChI is InChI=1S/C4H11N4O2/c1-2-3-6-4(5)7-8(9)10/h2-3H2,1H3,(H,9,10)(H3,5,6,7)/q+1. The molecule has 0 amide bonds. The van der Waals surface area contributed by atoms with Gasteiger partial charge in [0.25, 0.3) is 5.96 Å². The maximum atomic E-state index is 9.82. The predicted octanol–water partition coefficient (Wildman–Crippen LogP) is -0.616. The summed E-state index contributed by atoms with van der Waals surface area (Å²) in [5.74, 6) is -0.0839. The fraction of sp³-hybridized carbons (Fsp3) is 0.750. The van der Waals surface area contributed by atoms with Gasteiger partial charge >= 0.3 is 5.03 Å². The van der Waals surface area contributed by atoms with Crippen molar-refractivity contribution >= 4 is 5.96 Å². The van der Waals surface area contributed by atoms with Crippen LogP contribution < -0.4 is 11.2 Å². The van der Waals surface area contributed by atoms with E-state index in [0.29, 0.717) is 6.54 Å². The van der Waals surface area contributed by atoms with Gasteiger partial charge in [0.1, 0.15) is 4.91 Å². The molecule has 0 heterocycles. The second-order valence-electron chi connectivity index (χ2n) is 1.65. The summed E-state index contributed by atoms with van der Waals surface area (Å²) in [5, 5.41) is 7.54. The van der Waals surface area contributed by atoms with Crippen LogP contribution in [0.15, 0.2) is 4.99 Å². The number of hydrogen-bond donors (Lipinski definition) is 3. The minimum Gasteiger partial charge on any atom is -0.365 e. The van der Waals surface area contributed by atoms with Crippen LogP contribution >= 0.6 is 0 Å². The largest absolute Gasteiger partial charge is 0.365 e. The predicted molar refractivity (Wildman–Crippen MR) is 35.3 cm³/mol. The van der Waals surface area contributed by atoms with Crippen molar-refractivity contribution in [2.75, 3.05) is 6.54 Å². The van der Waals surface area contributed by atoms with Crippen molar-refractivity contribution in [3.05, 3.63) is 4.91 Å². The van der Waals surface area contributed by atoms with E-state index in [4.69, 9.17) is 10.9 Å². The fourth-order valence-electron chi connectivity index (χ4n) is 0.366. The molecular formula is C4H11N4O2+. The van der Waals surface area contributed by atoms with Gasteiger partial charge in [0, 0.05) is 6.54 Å². The van der Waals surface area contributed by atoms with E-state index in [1.54, 1.807) is 0 Å². The summed E-state index contributed by atoms with van der Waals surface area (Å²) < 4.78 is 0. The van der Waals surface area contributed by atoms with Gasteiger partial charge in [0.05, 0.1) is 0 Å². The third-order valence-corrected chi connectivity index (χ3v) is 0.716. The first-order chi connectivity index (χ1) is 4.66. The Morgan fingerprint density at radius 1 is 1.90 bits per heavy atom. The molecule has 0 spiro atoms. The molecule has 58 valence electrons. The van der Waals surface area contributed by atoms with E-state index < -0.39 is 5.03 Å². The SMILES string of the molecule is CCCN=C(N)N[N+](=O)O. The lowest BCUT2D eigenvalue weighted by atomic mass is 10.5. The maximum Gasteiger partial charge on any atom is 0.362 e. The molecule has 4 N–H and O–H groups in total. The summed E-state index contributed by atoms with van der Waals surface area (Å²) >= 11 is 0. The molecule has 0 fully saturated rings. The van der Waals surface area contributed by atoms with Crippen molar-refractivity contribution in [1.82, 2.24) is 5.43 Å². The summed E-state index contributed by atoms with van der Waals surface area (Å²) in [4.78, 5) is 13.5. The Morgan fingerprint density at radius 3 is 2.90 bits per heavy atom. The fourth-order valence-corrected chi connectivity index (χ4v) is 0.366. The zero-order valence-corrected chi connectivity index (χ0v) is 5.74. The summed E-state index contributed by atoms with van der Waals surface area (Å²) in [7, 11) is 0. The molecule has 0 rings (SSSR count). The molecule has 0 bridgehead atoms. The summed E-state index contributed by atoms with van der Waals surface area (Å²) in [6.07, 6.45) is 0.840. The zero-order valence-electron chi connectivity index (χ0n) is 5.74. The first-order valence-electron chi connectivity index (χ1n) is 2.89. The van der Waals surface area contributed by atoms with Gasteiger partial charge in [-0.05, 0) is 11.8 Å². The van der Waals surface area contributed by atoms with Gasteiger partial charge in [0.2, 0.25) is 0 Å². The first-order valence-corrected chi connectivity index (χ1v) is 2.89. The van der Waals surface area contributed by atoms with Crippen LogP contribution in [0, 0.1) is 4.91 Å².